The second-order valence-corrected chi connectivity index (χ2v) is 6.40. The van der Waals surface area contributed by atoms with E-state index in [4.69, 9.17) is 4.74 Å². The molecule has 1 unspecified atom stereocenters. The van der Waals surface area contributed by atoms with Crippen LogP contribution >= 0.6 is 15.9 Å². The molecule has 0 saturated carbocycles. The fourth-order valence-corrected chi connectivity index (χ4v) is 3.47. The fraction of sp³-hybridized carbons (Fsp3) is 0.333. The van der Waals surface area contributed by atoms with Crippen LogP contribution in [-0.4, -0.2) is 13.2 Å². The number of benzene rings is 2. The van der Waals surface area contributed by atoms with E-state index in [0.717, 1.165) is 23.1 Å². The number of nitrogens with one attached hydrogen (secondary N) is 1. The third kappa shape index (κ3) is 3.41. The van der Waals surface area contributed by atoms with Crippen molar-refractivity contribution in [3.05, 3.63) is 58.1 Å². The van der Waals surface area contributed by atoms with Crippen LogP contribution in [0.1, 0.15) is 24.0 Å². The van der Waals surface area contributed by atoms with Gasteiger partial charge in [0.15, 0.2) is 0 Å². The fourth-order valence-electron chi connectivity index (χ4n) is 2.92. The zero-order valence-electron chi connectivity index (χ0n) is 12.2. The van der Waals surface area contributed by atoms with Crippen molar-refractivity contribution >= 4 is 21.6 Å². The van der Waals surface area contributed by atoms with E-state index in [1.54, 1.807) is 7.11 Å². The number of fused-ring (bicyclic) bond motifs is 1. The van der Waals surface area contributed by atoms with Crippen molar-refractivity contribution in [2.24, 2.45) is 0 Å². The van der Waals surface area contributed by atoms with Gasteiger partial charge < -0.3 is 10.1 Å². The Labute approximate surface area is 134 Å². The zero-order valence-corrected chi connectivity index (χ0v) is 13.8. The molecule has 1 aliphatic rings. The molecule has 110 valence electrons. The largest absolute Gasteiger partial charge is 0.495 e. The molecule has 0 amide bonds. The summed E-state index contributed by atoms with van der Waals surface area (Å²) in [5.41, 5.74) is 4.01. The number of ether oxygens (including phenoxy) is 1. The Balaban J connectivity index is 1.66. The highest BCUT2D eigenvalue weighted by Gasteiger charge is 2.19. The molecule has 0 saturated heterocycles. The minimum absolute atomic E-state index is 0.545. The van der Waals surface area contributed by atoms with Gasteiger partial charge in [0.05, 0.1) is 11.6 Å². The van der Waals surface area contributed by atoms with Crippen molar-refractivity contribution in [3.8, 4) is 5.75 Å². The van der Waals surface area contributed by atoms with Gasteiger partial charge in [-0.3, -0.25) is 0 Å². The predicted octanol–water partition coefficient (Wildman–Crippen LogP) is 4.82. The average Bonchev–Trinajstić information content (AvgIpc) is 2.53. The molecule has 0 radical (unpaired) electrons. The van der Waals surface area contributed by atoms with Crippen LogP contribution in [0.4, 0.5) is 5.69 Å². The summed E-state index contributed by atoms with van der Waals surface area (Å²) in [5, 5.41) is 3.67. The molecule has 3 rings (SSSR count). The Morgan fingerprint density at radius 1 is 1.24 bits per heavy atom. The third-order valence-electron chi connectivity index (χ3n) is 4.12. The maximum absolute atomic E-state index is 5.39. The molecule has 2 nitrogen and oxygen atoms in total. The first-order chi connectivity index (χ1) is 10.3. The quantitative estimate of drug-likeness (QED) is 0.857. The number of methoxy groups -OCH3 is 1. The van der Waals surface area contributed by atoms with Crippen molar-refractivity contribution in [1.29, 1.82) is 0 Å². The van der Waals surface area contributed by atoms with Crippen molar-refractivity contribution in [2.75, 3.05) is 12.4 Å². The molecule has 2 aromatic carbocycles. The molecular weight excluding hydrogens is 326 g/mol. The number of halogens is 1. The van der Waals surface area contributed by atoms with Gasteiger partial charge in [0.2, 0.25) is 0 Å². The molecule has 1 aliphatic heterocycles. The molecule has 0 bridgehead atoms. The molecule has 3 heteroatoms. The first-order valence-electron chi connectivity index (χ1n) is 7.43. The number of hydrogen-bond acceptors (Lipinski definition) is 2. The van der Waals surface area contributed by atoms with Gasteiger partial charge in [0, 0.05) is 17.8 Å². The minimum Gasteiger partial charge on any atom is -0.495 e. The van der Waals surface area contributed by atoms with Gasteiger partial charge in [0.25, 0.3) is 0 Å². The maximum Gasteiger partial charge on any atom is 0.135 e. The van der Waals surface area contributed by atoms with Crippen molar-refractivity contribution in [1.82, 2.24) is 0 Å². The topological polar surface area (TPSA) is 21.3 Å². The van der Waals surface area contributed by atoms with Crippen LogP contribution in [-0.2, 0) is 12.8 Å². The van der Waals surface area contributed by atoms with Crippen LogP contribution in [0.5, 0.6) is 5.75 Å². The van der Waals surface area contributed by atoms with E-state index in [0.29, 0.717) is 6.04 Å². The first-order valence-corrected chi connectivity index (χ1v) is 8.22. The van der Waals surface area contributed by atoms with Gasteiger partial charge >= 0.3 is 0 Å². The zero-order chi connectivity index (χ0) is 14.7. The lowest BCUT2D eigenvalue weighted by atomic mass is 9.94. The summed E-state index contributed by atoms with van der Waals surface area (Å²) in [6, 6.07) is 15.5. The van der Waals surface area contributed by atoms with Crippen molar-refractivity contribution in [3.63, 3.8) is 0 Å². The number of hydrogen-bond donors (Lipinski definition) is 1. The highest BCUT2D eigenvalue weighted by molar-refractivity contribution is 9.10. The van der Waals surface area contributed by atoms with Crippen LogP contribution < -0.4 is 10.1 Å². The summed E-state index contributed by atoms with van der Waals surface area (Å²) in [4.78, 5) is 0. The molecule has 0 aliphatic carbocycles. The predicted molar refractivity (Wildman–Crippen MR) is 91.2 cm³/mol. The summed E-state index contributed by atoms with van der Waals surface area (Å²) in [7, 11) is 1.71. The summed E-state index contributed by atoms with van der Waals surface area (Å²) in [6.07, 6.45) is 4.62. The summed E-state index contributed by atoms with van der Waals surface area (Å²) in [5.74, 6) is 0.893. The Hall–Kier alpha value is -1.48. The van der Waals surface area contributed by atoms with E-state index in [1.165, 1.54) is 29.7 Å². The maximum atomic E-state index is 5.39. The number of rotatable bonds is 4. The number of aryl methyl sites for hydroxylation is 2. The molecule has 0 aromatic heterocycles. The van der Waals surface area contributed by atoms with Crippen molar-refractivity contribution in [2.45, 2.75) is 31.7 Å². The van der Waals surface area contributed by atoms with Crippen LogP contribution in [0.2, 0.25) is 0 Å². The van der Waals surface area contributed by atoms with Gasteiger partial charge in [-0.1, -0.05) is 30.3 Å². The third-order valence-corrected chi connectivity index (χ3v) is 4.74. The molecule has 0 spiro atoms. The van der Waals surface area contributed by atoms with Gasteiger partial charge in [-0.05, 0) is 58.8 Å². The van der Waals surface area contributed by atoms with E-state index in [9.17, 15) is 0 Å². The van der Waals surface area contributed by atoms with Crippen LogP contribution in [0.15, 0.2) is 46.9 Å². The Morgan fingerprint density at radius 3 is 2.81 bits per heavy atom. The highest BCUT2D eigenvalue weighted by atomic mass is 79.9. The van der Waals surface area contributed by atoms with E-state index in [2.05, 4.69) is 63.7 Å². The van der Waals surface area contributed by atoms with Crippen molar-refractivity contribution < 1.29 is 4.74 Å². The highest BCUT2D eigenvalue weighted by Crippen LogP contribution is 2.35. The van der Waals surface area contributed by atoms with E-state index in [-0.39, 0.29) is 0 Å². The van der Waals surface area contributed by atoms with E-state index in [1.807, 2.05) is 0 Å². The summed E-state index contributed by atoms with van der Waals surface area (Å²) in [6.45, 7) is 0. The van der Waals surface area contributed by atoms with Gasteiger partial charge in [-0.2, -0.15) is 0 Å². The molecule has 0 fully saturated rings. The Morgan fingerprint density at radius 2 is 2.05 bits per heavy atom. The lowest BCUT2D eigenvalue weighted by Gasteiger charge is -2.28. The minimum atomic E-state index is 0.545. The smallest absolute Gasteiger partial charge is 0.135 e. The summed E-state index contributed by atoms with van der Waals surface area (Å²) < 4.78 is 6.42. The van der Waals surface area contributed by atoms with Crippen LogP contribution in [0.25, 0.3) is 0 Å². The normalized spacial score (nSPS) is 17.0. The van der Waals surface area contributed by atoms with Gasteiger partial charge in [-0.15, -0.1) is 0 Å². The van der Waals surface area contributed by atoms with Crippen LogP contribution in [0, 0.1) is 0 Å². The van der Waals surface area contributed by atoms with E-state index >= 15 is 0 Å². The Bertz CT molecular complexity index is 612. The molecule has 1 N–H and O–H groups in total. The molecule has 21 heavy (non-hydrogen) atoms. The molecule has 1 heterocycles. The second kappa shape index (κ2) is 6.52. The van der Waals surface area contributed by atoms with Gasteiger partial charge in [0.1, 0.15) is 5.75 Å². The number of anilines is 1. The van der Waals surface area contributed by atoms with Crippen LogP contribution in [0.3, 0.4) is 0 Å². The molecular formula is C18H20BrNO. The van der Waals surface area contributed by atoms with Gasteiger partial charge in [-0.25, -0.2) is 0 Å². The first kappa shape index (κ1) is 14.5. The second-order valence-electron chi connectivity index (χ2n) is 5.55. The standard InChI is InChI=1S/C18H20BrNO/c1-21-18-12-17-14(11-16(18)19)8-10-15(20-17)9-7-13-5-3-2-4-6-13/h2-6,11-12,15,20H,7-10H2,1H3. The lowest BCUT2D eigenvalue weighted by Crippen LogP contribution is -2.26. The Kier molecular flexibility index (Phi) is 4.49. The summed E-state index contributed by atoms with van der Waals surface area (Å²) >= 11 is 3.56. The molecule has 1 atom stereocenters. The molecule has 2 aromatic rings. The van der Waals surface area contributed by atoms with E-state index < -0.39 is 0 Å². The SMILES string of the molecule is COc1cc2c(cc1Br)CCC(CCc1ccccc1)N2. The average molecular weight is 346 g/mol. The lowest BCUT2D eigenvalue weighted by molar-refractivity contribution is 0.411. The monoisotopic (exact) mass is 345 g/mol.